The highest BCUT2D eigenvalue weighted by Crippen LogP contribution is 2.48. The zero-order valence-corrected chi connectivity index (χ0v) is 6.77. The third kappa shape index (κ3) is 0.968. The van der Waals surface area contributed by atoms with Crippen molar-refractivity contribution in [2.45, 2.75) is 44.6 Å². The number of hydrogen-bond acceptors (Lipinski definition) is 1. The summed E-state index contributed by atoms with van der Waals surface area (Å²) in [5.74, 6) is 1.81. The van der Waals surface area contributed by atoms with E-state index in [1.807, 2.05) is 0 Å². The zero-order chi connectivity index (χ0) is 7.19. The van der Waals surface area contributed by atoms with Gasteiger partial charge in [-0.05, 0) is 24.7 Å². The van der Waals surface area contributed by atoms with Gasteiger partial charge in [0.15, 0.2) is 0 Å². The van der Waals surface area contributed by atoms with Crippen molar-refractivity contribution in [2.24, 2.45) is 17.6 Å². The maximum absolute atomic E-state index is 6.10. The van der Waals surface area contributed by atoms with Gasteiger partial charge in [0.2, 0.25) is 0 Å². The largest absolute Gasteiger partial charge is 0.325 e. The average Bonchev–Trinajstić information content (AvgIpc) is 2.32. The Kier molecular flexibility index (Phi) is 1.31. The molecular formula is C9H17N. The Balaban J connectivity index is 1.79. The topological polar surface area (TPSA) is 26.0 Å². The summed E-state index contributed by atoms with van der Waals surface area (Å²) in [5.41, 5.74) is 6.38. The van der Waals surface area contributed by atoms with E-state index in [4.69, 9.17) is 5.73 Å². The van der Waals surface area contributed by atoms with Crippen LogP contribution in [0.2, 0.25) is 0 Å². The molecule has 2 aliphatic rings. The van der Waals surface area contributed by atoms with Crippen LogP contribution in [0.5, 0.6) is 0 Å². The van der Waals surface area contributed by atoms with Crippen LogP contribution in [0.3, 0.4) is 0 Å². The third-order valence-electron chi connectivity index (χ3n) is 3.40. The Bertz CT molecular complexity index is 140. The third-order valence-corrected chi connectivity index (χ3v) is 3.40. The summed E-state index contributed by atoms with van der Waals surface area (Å²) in [6, 6.07) is 0. The molecule has 2 fully saturated rings. The van der Waals surface area contributed by atoms with Gasteiger partial charge in [0, 0.05) is 5.54 Å². The summed E-state index contributed by atoms with van der Waals surface area (Å²) in [7, 11) is 0. The van der Waals surface area contributed by atoms with Gasteiger partial charge in [0.25, 0.3) is 0 Å². The molecular weight excluding hydrogens is 122 g/mol. The van der Waals surface area contributed by atoms with Crippen LogP contribution in [0.1, 0.15) is 39.0 Å². The van der Waals surface area contributed by atoms with Crippen molar-refractivity contribution in [2.75, 3.05) is 0 Å². The van der Waals surface area contributed by atoms with E-state index in [-0.39, 0.29) is 5.54 Å². The lowest BCUT2D eigenvalue weighted by Crippen LogP contribution is -2.30. The van der Waals surface area contributed by atoms with Gasteiger partial charge in [-0.2, -0.15) is 0 Å². The standard InChI is InChI=1S/C9H17N/c1-7-5-9(7,10)6-8-3-2-4-8/h7-8H,2-6,10H2,1H3. The second kappa shape index (κ2) is 1.97. The van der Waals surface area contributed by atoms with Crippen LogP contribution in [0.4, 0.5) is 0 Å². The average molecular weight is 139 g/mol. The first kappa shape index (κ1) is 6.66. The smallest absolute Gasteiger partial charge is 0.0186 e. The van der Waals surface area contributed by atoms with Gasteiger partial charge in [-0.1, -0.05) is 26.2 Å². The molecule has 0 aliphatic heterocycles. The molecule has 2 saturated carbocycles. The van der Waals surface area contributed by atoms with Crippen LogP contribution in [0, 0.1) is 11.8 Å². The Labute approximate surface area is 63.0 Å². The molecule has 2 aliphatic carbocycles. The molecule has 1 nitrogen and oxygen atoms in total. The lowest BCUT2D eigenvalue weighted by atomic mass is 9.80. The van der Waals surface area contributed by atoms with E-state index in [0.717, 1.165) is 11.8 Å². The molecule has 0 aromatic carbocycles. The quantitative estimate of drug-likeness (QED) is 0.621. The lowest BCUT2D eigenvalue weighted by Gasteiger charge is -2.28. The van der Waals surface area contributed by atoms with E-state index >= 15 is 0 Å². The summed E-state index contributed by atoms with van der Waals surface area (Å²) in [5, 5.41) is 0. The van der Waals surface area contributed by atoms with Gasteiger partial charge in [-0.15, -0.1) is 0 Å². The summed E-state index contributed by atoms with van der Waals surface area (Å²) >= 11 is 0. The van der Waals surface area contributed by atoms with Crippen molar-refractivity contribution < 1.29 is 0 Å². The molecule has 58 valence electrons. The molecule has 0 radical (unpaired) electrons. The second-order valence-electron chi connectivity index (χ2n) is 4.34. The molecule has 0 aromatic rings. The fraction of sp³-hybridized carbons (Fsp3) is 1.00. The molecule has 0 amide bonds. The first-order chi connectivity index (χ1) is 4.71. The zero-order valence-electron chi connectivity index (χ0n) is 6.77. The predicted octanol–water partition coefficient (Wildman–Crippen LogP) is 1.91. The molecule has 2 unspecified atom stereocenters. The number of hydrogen-bond donors (Lipinski definition) is 1. The van der Waals surface area contributed by atoms with E-state index in [0.29, 0.717) is 0 Å². The fourth-order valence-corrected chi connectivity index (χ4v) is 2.03. The molecule has 0 aromatic heterocycles. The molecule has 0 bridgehead atoms. The van der Waals surface area contributed by atoms with Crippen LogP contribution < -0.4 is 5.73 Å². The summed E-state index contributed by atoms with van der Waals surface area (Å²) in [4.78, 5) is 0. The Hall–Kier alpha value is -0.0400. The van der Waals surface area contributed by atoms with E-state index in [1.54, 1.807) is 0 Å². The van der Waals surface area contributed by atoms with Gasteiger partial charge in [0.1, 0.15) is 0 Å². The normalized spacial score (nSPS) is 46.8. The van der Waals surface area contributed by atoms with Gasteiger partial charge < -0.3 is 5.73 Å². The second-order valence-corrected chi connectivity index (χ2v) is 4.34. The fourth-order valence-electron chi connectivity index (χ4n) is 2.03. The van der Waals surface area contributed by atoms with Crippen LogP contribution in [0.25, 0.3) is 0 Å². The van der Waals surface area contributed by atoms with Crippen molar-refractivity contribution in [1.82, 2.24) is 0 Å². The van der Waals surface area contributed by atoms with E-state index < -0.39 is 0 Å². The molecule has 10 heavy (non-hydrogen) atoms. The van der Waals surface area contributed by atoms with Gasteiger partial charge >= 0.3 is 0 Å². The van der Waals surface area contributed by atoms with E-state index in [9.17, 15) is 0 Å². The molecule has 0 saturated heterocycles. The minimum absolute atomic E-state index is 0.283. The predicted molar refractivity (Wildman–Crippen MR) is 42.7 cm³/mol. The molecule has 0 heterocycles. The first-order valence-corrected chi connectivity index (χ1v) is 4.49. The van der Waals surface area contributed by atoms with Crippen LogP contribution in [-0.4, -0.2) is 5.54 Å². The van der Waals surface area contributed by atoms with Crippen LogP contribution >= 0.6 is 0 Å². The van der Waals surface area contributed by atoms with Crippen molar-refractivity contribution in [1.29, 1.82) is 0 Å². The highest BCUT2D eigenvalue weighted by atomic mass is 14.8. The number of rotatable bonds is 2. The van der Waals surface area contributed by atoms with E-state index in [1.165, 1.54) is 32.1 Å². The highest BCUT2D eigenvalue weighted by Gasteiger charge is 2.48. The van der Waals surface area contributed by atoms with Gasteiger partial charge in [0.05, 0.1) is 0 Å². The van der Waals surface area contributed by atoms with Crippen LogP contribution in [-0.2, 0) is 0 Å². The molecule has 2 rings (SSSR count). The Morgan fingerprint density at radius 1 is 1.50 bits per heavy atom. The Morgan fingerprint density at radius 3 is 2.40 bits per heavy atom. The van der Waals surface area contributed by atoms with Crippen molar-refractivity contribution >= 4 is 0 Å². The lowest BCUT2D eigenvalue weighted by molar-refractivity contribution is 0.264. The van der Waals surface area contributed by atoms with Crippen molar-refractivity contribution in [3.05, 3.63) is 0 Å². The highest BCUT2D eigenvalue weighted by molar-refractivity contribution is 5.06. The van der Waals surface area contributed by atoms with Crippen molar-refractivity contribution in [3.63, 3.8) is 0 Å². The van der Waals surface area contributed by atoms with Gasteiger partial charge in [-0.25, -0.2) is 0 Å². The minimum atomic E-state index is 0.283. The summed E-state index contributed by atoms with van der Waals surface area (Å²) < 4.78 is 0. The van der Waals surface area contributed by atoms with Crippen LogP contribution in [0.15, 0.2) is 0 Å². The maximum atomic E-state index is 6.10. The molecule has 2 N–H and O–H groups in total. The van der Waals surface area contributed by atoms with Gasteiger partial charge in [-0.3, -0.25) is 0 Å². The molecule has 0 spiro atoms. The molecule has 1 heteroatoms. The monoisotopic (exact) mass is 139 g/mol. The van der Waals surface area contributed by atoms with E-state index in [2.05, 4.69) is 6.92 Å². The maximum Gasteiger partial charge on any atom is 0.0186 e. The van der Waals surface area contributed by atoms with Crippen molar-refractivity contribution in [3.8, 4) is 0 Å². The first-order valence-electron chi connectivity index (χ1n) is 4.49. The number of nitrogens with two attached hydrogens (primary N) is 1. The summed E-state index contributed by atoms with van der Waals surface area (Å²) in [6.07, 6.45) is 6.95. The molecule has 2 atom stereocenters. The minimum Gasteiger partial charge on any atom is -0.325 e. The Morgan fingerprint density at radius 2 is 2.10 bits per heavy atom. The summed E-state index contributed by atoms with van der Waals surface area (Å²) in [6.45, 7) is 2.28. The SMILES string of the molecule is CC1CC1(N)CC1CCC1.